The molecule has 0 N–H and O–H groups in total. The van der Waals surface area contributed by atoms with E-state index in [9.17, 15) is 4.79 Å². The molecule has 0 saturated carbocycles. The fraction of sp³-hybridized carbons (Fsp3) is 0.350. The number of piperidine rings is 1. The standard InChI is InChI=1S/C20H21N3O2/c1-13-10-21-11-18(22-13)16-4-3-7-23(12-16)20(24)15-5-6-19-17(9-15)8-14(2)25-19/h5-6,8-11,16H,3-4,7,12H2,1-2H3. The fourth-order valence-corrected chi connectivity index (χ4v) is 3.57. The summed E-state index contributed by atoms with van der Waals surface area (Å²) in [5, 5.41) is 0.974. The van der Waals surface area contributed by atoms with Crippen LogP contribution in [0.25, 0.3) is 11.0 Å². The van der Waals surface area contributed by atoms with Gasteiger partial charge >= 0.3 is 0 Å². The molecule has 1 amide bonds. The normalized spacial score (nSPS) is 17.8. The van der Waals surface area contributed by atoms with Crippen LogP contribution in [0.15, 0.2) is 41.1 Å². The van der Waals surface area contributed by atoms with Crippen LogP contribution in [-0.4, -0.2) is 33.9 Å². The van der Waals surface area contributed by atoms with Crippen LogP contribution in [0.5, 0.6) is 0 Å². The maximum absolute atomic E-state index is 13.0. The lowest BCUT2D eigenvalue weighted by Gasteiger charge is -2.32. The van der Waals surface area contributed by atoms with Gasteiger partial charge in [0.05, 0.1) is 11.4 Å². The lowest BCUT2D eigenvalue weighted by Crippen LogP contribution is -2.39. The number of nitrogens with zero attached hydrogens (tertiary/aromatic N) is 3. The highest BCUT2D eigenvalue weighted by Gasteiger charge is 2.26. The number of furan rings is 1. The minimum atomic E-state index is 0.0751. The molecule has 1 saturated heterocycles. The Morgan fingerprint density at radius 2 is 2.12 bits per heavy atom. The van der Waals surface area contributed by atoms with Gasteiger partial charge in [-0.15, -0.1) is 0 Å². The zero-order chi connectivity index (χ0) is 17.4. The molecule has 128 valence electrons. The first-order valence-corrected chi connectivity index (χ1v) is 8.68. The van der Waals surface area contributed by atoms with Crippen LogP contribution in [0, 0.1) is 13.8 Å². The van der Waals surface area contributed by atoms with Crippen LogP contribution in [-0.2, 0) is 0 Å². The van der Waals surface area contributed by atoms with Gasteiger partial charge in [0.2, 0.25) is 0 Å². The summed E-state index contributed by atoms with van der Waals surface area (Å²) in [6, 6.07) is 7.62. The van der Waals surface area contributed by atoms with E-state index >= 15 is 0 Å². The highest BCUT2D eigenvalue weighted by molar-refractivity contribution is 5.98. The Kier molecular flexibility index (Phi) is 3.99. The van der Waals surface area contributed by atoms with Crippen LogP contribution in [0.4, 0.5) is 0 Å². The van der Waals surface area contributed by atoms with Crippen molar-refractivity contribution in [2.75, 3.05) is 13.1 Å². The second-order valence-corrected chi connectivity index (χ2v) is 6.79. The minimum Gasteiger partial charge on any atom is -0.461 e. The summed E-state index contributed by atoms with van der Waals surface area (Å²) in [7, 11) is 0. The Labute approximate surface area is 146 Å². The van der Waals surface area contributed by atoms with Crippen LogP contribution >= 0.6 is 0 Å². The number of fused-ring (bicyclic) bond motifs is 1. The van der Waals surface area contributed by atoms with Gasteiger partial charge in [0, 0.05) is 42.4 Å². The average molecular weight is 335 g/mol. The minimum absolute atomic E-state index is 0.0751. The third kappa shape index (κ3) is 3.14. The molecule has 1 aromatic carbocycles. The number of amides is 1. The Balaban J connectivity index is 1.56. The third-order valence-corrected chi connectivity index (χ3v) is 4.79. The second-order valence-electron chi connectivity index (χ2n) is 6.79. The van der Waals surface area contributed by atoms with E-state index in [0.29, 0.717) is 12.1 Å². The summed E-state index contributed by atoms with van der Waals surface area (Å²) < 4.78 is 5.59. The van der Waals surface area contributed by atoms with Gasteiger partial charge in [-0.2, -0.15) is 0 Å². The summed E-state index contributed by atoms with van der Waals surface area (Å²) in [6.07, 6.45) is 5.62. The number of likely N-dealkylation sites (tertiary alicyclic amines) is 1. The highest BCUT2D eigenvalue weighted by Crippen LogP contribution is 2.27. The van der Waals surface area contributed by atoms with Gasteiger partial charge < -0.3 is 9.32 Å². The second kappa shape index (κ2) is 6.31. The molecule has 1 aliphatic heterocycles. The van der Waals surface area contributed by atoms with Gasteiger partial charge in [-0.05, 0) is 51.0 Å². The molecule has 0 aliphatic carbocycles. The molecule has 3 heterocycles. The Morgan fingerprint density at radius 1 is 1.24 bits per heavy atom. The van der Waals surface area contributed by atoms with Gasteiger partial charge in [0.15, 0.2) is 0 Å². The monoisotopic (exact) mass is 335 g/mol. The number of hydrogen-bond acceptors (Lipinski definition) is 4. The molecule has 5 heteroatoms. The number of aromatic nitrogens is 2. The first-order chi connectivity index (χ1) is 12.1. The van der Waals surface area contributed by atoms with E-state index in [0.717, 1.165) is 47.5 Å². The maximum Gasteiger partial charge on any atom is 0.253 e. The third-order valence-electron chi connectivity index (χ3n) is 4.79. The smallest absolute Gasteiger partial charge is 0.253 e. The zero-order valence-corrected chi connectivity index (χ0v) is 14.5. The number of benzene rings is 1. The van der Waals surface area contributed by atoms with Gasteiger partial charge in [-0.25, -0.2) is 0 Å². The van der Waals surface area contributed by atoms with Crippen LogP contribution in [0.1, 0.15) is 46.3 Å². The van der Waals surface area contributed by atoms with Gasteiger partial charge in [0.1, 0.15) is 11.3 Å². The number of rotatable bonds is 2. The Bertz CT molecular complexity index is 932. The SMILES string of the molecule is Cc1cncc(C2CCCN(C(=O)c3ccc4oc(C)cc4c3)C2)n1. The molecule has 25 heavy (non-hydrogen) atoms. The van der Waals surface area contributed by atoms with E-state index in [1.807, 2.05) is 49.2 Å². The van der Waals surface area contributed by atoms with E-state index in [-0.39, 0.29) is 11.8 Å². The lowest BCUT2D eigenvalue weighted by molar-refractivity contribution is 0.0706. The molecule has 0 spiro atoms. The van der Waals surface area contributed by atoms with Crippen molar-refractivity contribution < 1.29 is 9.21 Å². The molecule has 0 radical (unpaired) electrons. The molecule has 1 unspecified atom stereocenters. The van der Waals surface area contributed by atoms with Crippen molar-refractivity contribution in [3.63, 3.8) is 0 Å². The van der Waals surface area contributed by atoms with Gasteiger partial charge in [-0.1, -0.05) is 0 Å². The predicted molar refractivity (Wildman–Crippen MR) is 95.6 cm³/mol. The van der Waals surface area contributed by atoms with Crippen molar-refractivity contribution in [2.45, 2.75) is 32.6 Å². The zero-order valence-electron chi connectivity index (χ0n) is 14.5. The number of carbonyl (C=O) groups excluding carboxylic acids is 1. The van der Waals surface area contributed by atoms with E-state index in [2.05, 4.69) is 9.97 Å². The van der Waals surface area contributed by atoms with E-state index in [1.165, 1.54) is 0 Å². The van der Waals surface area contributed by atoms with Crippen molar-refractivity contribution in [3.8, 4) is 0 Å². The number of hydrogen-bond donors (Lipinski definition) is 0. The molecule has 2 aromatic heterocycles. The highest BCUT2D eigenvalue weighted by atomic mass is 16.3. The van der Waals surface area contributed by atoms with Crippen LogP contribution < -0.4 is 0 Å². The van der Waals surface area contributed by atoms with Crippen LogP contribution in [0.3, 0.4) is 0 Å². The van der Waals surface area contributed by atoms with Crippen molar-refractivity contribution in [3.05, 3.63) is 59.4 Å². The van der Waals surface area contributed by atoms with Crippen molar-refractivity contribution in [2.24, 2.45) is 0 Å². The fourth-order valence-electron chi connectivity index (χ4n) is 3.57. The molecular formula is C20H21N3O2. The molecule has 4 rings (SSSR count). The van der Waals surface area contributed by atoms with Crippen molar-refractivity contribution >= 4 is 16.9 Å². The maximum atomic E-state index is 13.0. The molecule has 3 aromatic rings. The topological polar surface area (TPSA) is 59.2 Å². The Morgan fingerprint density at radius 3 is 2.96 bits per heavy atom. The molecule has 1 fully saturated rings. The summed E-state index contributed by atoms with van der Waals surface area (Å²) in [6.45, 7) is 5.35. The van der Waals surface area contributed by atoms with Crippen molar-refractivity contribution in [1.82, 2.24) is 14.9 Å². The first-order valence-electron chi connectivity index (χ1n) is 8.68. The molecule has 0 bridgehead atoms. The Hall–Kier alpha value is -2.69. The molecule has 1 atom stereocenters. The molecule has 5 nitrogen and oxygen atoms in total. The van der Waals surface area contributed by atoms with Crippen molar-refractivity contribution in [1.29, 1.82) is 0 Å². The number of carbonyl (C=O) groups is 1. The predicted octanol–water partition coefficient (Wildman–Crippen LogP) is 3.86. The van der Waals surface area contributed by atoms with Gasteiger partial charge in [-0.3, -0.25) is 14.8 Å². The van der Waals surface area contributed by atoms with Crippen LogP contribution in [0.2, 0.25) is 0 Å². The average Bonchev–Trinajstić information content (AvgIpc) is 3.00. The summed E-state index contributed by atoms with van der Waals surface area (Å²) in [5.41, 5.74) is 3.44. The quantitative estimate of drug-likeness (QED) is 0.713. The van der Waals surface area contributed by atoms with Gasteiger partial charge in [0.25, 0.3) is 5.91 Å². The largest absolute Gasteiger partial charge is 0.461 e. The summed E-state index contributed by atoms with van der Waals surface area (Å²) in [4.78, 5) is 23.7. The number of aryl methyl sites for hydroxylation is 2. The van der Waals surface area contributed by atoms with E-state index < -0.39 is 0 Å². The van der Waals surface area contributed by atoms with E-state index in [4.69, 9.17) is 4.42 Å². The lowest BCUT2D eigenvalue weighted by atomic mass is 9.94. The van der Waals surface area contributed by atoms with E-state index in [1.54, 1.807) is 6.20 Å². The molecule has 1 aliphatic rings. The summed E-state index contributed by atoms with van der Waals surface area (Å²) >= 11 is 0. The molecular weight excluding hydrogens is 314 g/mol. The summed E-state index contributed by atoms with van der Waals surface area (Å²) in [5.74, 6) is 1.19. The first kappa shape index (κ1) is 15.8.